The van der Waals surface area contributed by atoms with E-state index in [0.29, 0.717) is 12.4 Å². The van der Waals surface area contributed by atoms with Gasteiger partial charge in [-0.1, -0.05) is 0 Å². The monoisotopic (exact) mass is 153 g/mol. The lowest BCUT2D eigenvalue weighted by molar-refractivity contribution is 0.202. The van der Waals surface area contributed by atoms with Gasteiger partial charge < -0.3 is 10.5 Å². The molecule has 0 fully saturated rings. The molecule has 0 radical (unpaired) electrons. The number of nitrogens with two attached hydrogens (primary N) is 1. The van der Waals surface area contributed by atoms with Crippen molar-refractivity contribution in [3.05, 3.63) is 17.8 Å². The predicted molar refractivity (Wildman–Crippen MR) is 42.0 cm³/mol. The zero-order valence-electron chi connectivity index (χ0n) is 6.45. The molecule has 0 bridgehead atoms. The summed E-state index contributed by atoms with van der Waals surface area (Å²) in [4.78, 5) is 0. The Bertz CT molecular complexity index is 227. The van der Waals surface area contributed by atoms with E-state index < -0.39 is 0 Å². The van der Waals surface area contributed by atoms with Crippen LogP contribution in [0, 0.1) is 0 Å². The topological polar surface area (TPSA) is 61.0 Å². The van der Waals surface area contributed by atoms with Crippen molar-refractivity contribution >= 4 is 5.82 Å². The van der Waals surface area contributed by atoms with Gasteiger partial charge in [-0.3, -0.25) is 0 Å². The quantitative estimate of drug-likeness (QED) is 0.676. The fraction of sp³-hybridized carbons (Fsp3) is 0.429. The van der Waals surface area contributed by atoms with Crippen LogP contribution in [0.3, 0.4) is 0 Å². The highest BCUT2D eigenvalue weighted by molar-refractivity contribution is 5.36. The molecule has 0 amide bonds. The van der Waals surface area contributed by atoms with E-state index in [1.807, 2.05) is 6.07 Å². The van der Waals surface area contributed by atoms with Crippen molar-refractivity contribution in [2.45, 2.75) is 6.42 Å². The van der Waals surface area contributed by atoms with Gasteiger partial charge in [0.1, 0.15) is 5.82 Å². The molecule has 11 heavy (non-hydrogen) atoms. The molecule has 0 aromatic carbocycles. The van der Waals surface area contributed by atoms with Crippen LogP contribution < -0.4 is 5.73 Å². The van der Waals surface area contributed by atoms with Crippen LogP contribution in [-0.4, -0.2) is 23.9 Å². The largest absolute Gasteiger partial charge is 0.384 e. The van der Waals surface area contributed by atoms with Crippen LogP contribution >= 0.6 is 0 Å². The minimum atomic E-state index is 0.490. The van der Waals surface area contributed by atoms with Crippen LogP contribution in [0.2, 0.25) is 0 Å². The Kier molecular flexibility index (Phi) is 2.80. The molecule has 1 aromatic rings. The van der Waals surface area contributed by atoms with Crippen molar-refractivity contribution in [1.29, 1.82) is 0 Å². The number of anilines is 1. The van der Waals surface area contributed by atoms with E-state index in [2.05, 4.69) is 10.2 Å². The highest BCUT2D eigenvalue weighted by Gasteiger charge is 1.97. The van der Waals surface area contributed by atoms with Gasteiger partial charge in [0.15, 0.2) is 0 Å². The summed E-state index contributed by atoms with van der Waals surface area (Å²) < 4.78 is 4.90. The molecule has 1 heterocycles. The first kappa shape index (κ1) is 7.94. The van der Waals surface area contributed by atoms with E-state index >= 15 is 0 Å². The second-order valence-electron chi connectivity index (χ2n) is 2.18. The predicted octanol–water partition coefficient (Wildman–Crippen LogP) is 0.248. The molecular formula is C7H11N3O. The number of ether oxygens (including phenoxy) is 1. The fourth-order valence-electron chi connectivity index (χ4n) is 0.792. The lowest BCUT2D eigenvalue weighted by atomic mass is 10.2. The Hall–Kier alpha value is -1.16. The number of hydrogen-bond donors (Lipinski definition) is 1. The second kappa shape index (κ2) is 3.88. The molecule has 1 rings (SSSR count). The normalized spacial score (nSPS) is 9.91. The molecule has 0 unspecified atom stereocenters. The summed E-state index contributed by atoms with van der Waals surface area (Å²) in [5.74, 6) is 0.490. The van der Waals surface area contributed by atoms with Crippen molar-refractivity contribution in [2.24, 2.45) is 0 Å². The lowest BCUT2D eigenvalue weighted by Gasteiger charge is -2.00. The van der Waals surface area contributed by atoms with Gasteiger partial charge in [-0.15, -0.1) is 5.10 Å². The van der Waals surface area contributed by atoms with Gasteiger partial charge in [0.25, 0.3) is 0 Å². The van der Waals surface area contributed by atoms with Gasteiger partial charge in [0, 0.05) is 7.11 Å². The lowest BCUT2D eigenvalue weighted by Crippen LogP contribution is -2.02. The van der Waals surface area contributed by atoms with Gasteiger partial charge in [0.2, 0.25) is 0 Å². The van der Waals surface area contributed by atoms with Gasteiger partial charge in [0.05, 0.1) is 12.8 Å². The molecule has 2 N–H and O–H groups in total. The van der Waals surface area contributed by atoms with Crippen molar-refractivity contribution in [3.8, 4) is 0 Å². The Balaban J connectivity index is 2.62. The maximum absolute atomic E-state index is 5.53. The molecule has 60 valence electrons. The Morgan fingerprint density at radius 3 is 3.09 bits per heavy atom. The van der Waals surface area contributed by atoms with Crippen molar-refractivity contribution in [2.75, 3.05) is 19.5 Å². The highest BCUT2D eigenvalue weighted by Crippen LogP contribution is 2.05. The number of nitrogen functional groups attached to an aromatic ring is 1. The molecular weight excluding hydrogens is 142 g/mol. The van der Waals surface area contributed by atoms with E-state index in [-0.39, 0.29) is 0 Å². The average Bonchev–Trinajstić information content (AvgIpc) is 2.03. The Labute approximate surface area is 65.4 Å². The van der Waals surface area contributed by atoms with Crippen LogP contribution in [0.4, 0.5) is 5.82 Å². The first-order valence-electron chi connectivity index (χ1n) is 3.39. The fourth-order valence-corrected chi connectivity index (χ4v) is 0.792. The molecule has 0 atom stereocenters. The summed E-state index contributed by atoms with van der Waals surface area (Å²) in [6.07, 6.45) is 2.42. The molecule has 0 saturated heterocycles. The minimum Gasteiger partial charge on any atom is -0.384 e. The van der Waals surface area contributed by atoms with Crippen LogP contribution in [-0.2, 0) is 11.2 Å². The standard InChI is InChI=1S/C7H11N3O/c1-11-5-3-6-2-4-9-10-7(6)8/h2,4H,3,5H2,1H3,(H2,8,10). The van der Waals surface area contributed by atoms with E-state index in [9.17, 15) is 0 Å². The first-order chi connectivity index (χ1) is 5.34. The SMILES string of the molecule is COCCc1ccnnc1N. The third-order valence-corrected chi connectivity index (χ3v) is 1.41. The number of aromatic nitrogens is 2. The van der Waals surface area contributed by atoms with Gasteiger partial charge in [-0.25, -0.2) is 0 Å². The molecule has 0 aliphatic carbocycles. The zero-order valence-corrected chi connectivity index (χ0v) is 6.45. The number of rotatable bonds is 3. The average molecular weight is 153 g/mol. The summed E-state index contributed by atoms with van der Waals surface area (Å²) in [6, 6.07) is 1.85. The number of nitrogens with zero attached hydrogens (tertiary/aromatic N) is 2. The van der Waals surface area contributed by atoms with Crippen LogP contribution in [0.5, 0.6) is 0 Å². The van der Waals surface area contributed by atoms with E-state index in [1.165, 1.54) is 0 Å². The molecule has 0 saturated carbocycles. The van der Waals surface area contributed by atoms with Crippen molar-refractivity contribution < 1.29 is 4.74 Å². The number of methoxy groups -OCH3 is 1. The highest BCUT2D eigenvalue weighted by atomic mass is 16.5. The maximum atomic E-state index is 5.53. The molecule has 1 aromatic heterocycles. The van der Waals surface area contributed by atoms with Gasteiger partial charge >= 0.3 is 0 Å². The maximum Gasteiger partial charge on any atom is 0.149 e. The molecule has 0 aliphatic rings. The molecule has 4 heteroatoms. The Morgan fingerprint density at radius 1 is 1.64 bits per heavy atom. The molecule has 0 aliphatic heterocycles. The molecule has 4 nitrogen and oxygen atoms in total. The minimum absolute atomic E-state index is 0.490. The molecule has 0 spiro atoms. The second-order valence-corrected chi connectivity index (χ2v) is 2.18. The third-order valence-electron chi connectivity index (χ3n) is 1.41. The smallest absolute Gasteiger partial charge is 0.149 e. The third kappa shape index (κ3) is 2.16. The van der Waals surface area contributed by atoms with Crippen LogP contribution in [0.25, 0.3) is 0 Å². The number of hydrogen-bond acceptors (Lipinski definition) is 4. The van der Waals surface area contributed by atoms with Crippen LogP contribution in [0.1, 0.15) is 5.56 Å². The van der Waals surface area contributed by atoms with E-state index in [0.717, 1.165) is 12.0 Å². The van der Waals surface area contributed by atoms with Crippen molar-refractivity contribution in [3.63, 3.8) is 0 Å². The zero-order chi connectivity index (χ0) is 8.10. The summed E-state index contributed by atoms with van der Waals surface area (Å²) in [7, 11) is 1.66. The van der Waals surface area contributed by atoms with Crippen LogP contribution in [0.15, 0.2) is 12.3 Å². The van der Waals surface area contributed by atoms with E-state index in [4.69, 9.17) is 10.5 Å². The first-order valence-corrected chi connectivity index (χ1v) is 3.39. The summed E-state index contributed by atoms with van der Waals surface area (Å²) in [6.45, 7) is 0.663. The van der Waals surface area contributed by atoms with E-state index in [1.54, 1.807) is 13.3 Å². The van der Waals surface area contributed by atoms with Gasteiger partial charge in [-0.2, -0.15) is 5.10 Å². The summed E-state index contributed by atoms with van der Waals surface area (Å²) >= 11 is 0. The van der Waals surface area contributed by atoms with Crippen molar-refractivity contribution in [1.82, 2.24) is 10.2 Å². The summed E-state index contributed by atoms with van der Waals surface area (Å²) in [5.41, 5.74) is 6.52. The van der Waals surface area contributed by atoms with Gasteiger partial charge in [-0.05, 0) is 18.1 Å². The Morgan fingerprint density at radius 2 is 2.45 bits per heavy atom. The summed E-state index contributed by atoms with van der Waals surface area (Å²) in [5, 5.41) is 7.34.